The number of imidazole rings is 1. The zero-order valence-corrected chi connectivity index (χ0v) is 8.41. The molecule has 3 nitrogen and oxygen atoms in total. The molecule has 1 aromatic heterocycles. The SMILES string of the molecule is CCn1ccnc1CC1(F)CC(N)C1. The zero-order chi connectivity index (χ0) is 10.2. The normalized spacial score (nSPS) is 31.5. The van der Waals surface area contributed by atoms with E-state index in [0.29, 0.717) is 19.3 Å². The Hall–Kier alpha value is -0.900. The third-order valence-electron chi connectivity index (χ3n) is 2.87. The molecule has 0 aromatic carbocycles. The summed E-state index contributed by atoms with van der Waals surface area (Å²) < 4.78 is 15.9. The number of hydrogen-bond acceptors (Lipinski definition) is 2. The lowest BCUT2D eigenvalue weighted by molar-refractivity contribution is 0.0416. The second kappa shape index (κ2) is 3.35. The summed E-state index contributed by atoms with van der Waals surface area (Å²) in [4.78, 5) is 4.16. The van der Waals surface area contributed by atoms with E-state index in [4.69, 9.17) is 5.73 Å². The first-order valence-electron chi connectivity index (χ1n) is 5.07. The molecule has 0 amide bonds. The van der Waals surface area contributed by atoms with Crippen molar-refractivity contribution in [2.24, 2.45) is 5.73 Å². The van der Waals surface area contributed by atoms with E-state index in [2.05, 4.69) is 4.98 Å². The third kappa shape index (κ3) is 1.66. The predicted octanol–water partition coefficient (Wildman–Crippen LogP) is 1.27. The van der Waals surface area contributed by atoms with Crippen LogP contribution in [-0.2, 0) is 13.0 Å². The molecule has 0 saturated heterocycles. The highest BCUT2D eigenvalue weighted by Gasteiger charge is 2.43. The molecule has 2 rings (SSSR count). The van der Waals surface area contributed by atoms with E-state index in [1.54, 1.807) is 6.20 Å². The molecule has 0 unspecified atom stereocenters. The molecule has 0 aliphatic heterocycles. The van der Waals surface area contributed by atoms with Crippen molar-refractivity contribution < 1.29 is 4.39 Å². The van der Waals surface area contributed by atoms with Gasteiger partial charge in [-0.2, -0.15) is 0 Å². The van der Waals surface area contributed by atoms with E-state index in [1.807, 2.05) is 17.7 Å². The second-order valence-corrected chi connectivity index (χ2v) is 4.13. The first-order valence-corrected chi connectivity index (χ1v) is 5.07. The number of aryl methyl sites for hydroxylation is 1. The number of aromatic nitrogens is 2. The summed E-state index contributed by atoms with van der Waals surface area (Å²) in [7, 11) is 0. The van der Waals surface area contributed by atoms with Gasteiger partial charge in [-0.1, -0.05) is 0 Å². The van der Waals surface area contributed by atoms with Crippen LogP contribution in [0.2, 0.25) is 0 Å². The Kier molecular flexibility index (Phi) is 2.31. The first-order chi connectivity index (χ1) is 6.63. The molecule has 0 bridgehead atoms. The van der Waals surface area contributed by atoms with Crippen molar-refractivity contribution in [3.63, 3.8) is 0 Å². The fourth-order valence-corrected chi connectivity index (χ4v) is 2.10. The summed E-state index contributed by atoms with van der Waals surface area (Å²) >= 11 is 0. The zero-order valence-electron chi connectivity index (χ0n) is 8.41. The number of nitrogens with zero attached hydrogens (tertiary/aromatic N) is 2. The predicted molar refractivity (Wildman–Crippen MR) is 52.7 cm³/mol. The largest absolute Gasteiger partial charge is 0.335 e. The quantitative estimate of drug-likeness (QED) is 0.793. The van der Waals surface area contributed by atoms with E-state index >= 15 is 0 Å². The van der Waals surface area contributed by atoms with E-state index in [0.717, 1.165) is 12.4 Å². The fraction of sp³-hybridized carbons (Fsp3) is 0.700. The van der Waals surface area contributed by atoms with Crippen molar-refractivity contribution in [1.82, 2.24) is 9.55 Å². The van der Waals surface area contributed by atoms with Crippen LogP contribution in [0.4, 0.5) is 4.39 Å². The number of rotatable bonds is 3. The van der Waals surface area contributed by atoms with Crippen molar-refractivity contribution in [2.75, 3.05) is 0 Å². The van der Waals surface area contributed by atoms with Gasteiger partial charge in [0.05, 0.1) is 0 Å². The molecule has 1 saturated carbocycles. The Morgan fingerprint density at radius 1 is 1.71 bits per heavy atom. The van der Waals surface area contributed by atoms with Crippen LogP contribution in [0.25, 0.3) is 0 Å². The maximum atomic E-state index is 13.9. The van der Waals surface area contributed by atoms with E-state index in [-0.39, 0.29) is 6.04 Å². The Bertz CT molecular complexity index is 315. The monoisotopic (exact) mass is 197 g/mol. The van der Waals surface area contributed by atoms with Crippen molar-refractivity contribution >= 4 is 0 Å². The van der Waals surface area contributed by atoms with Gasteiger partial charge in [0, 0.05) is 31.4 Å². The molecule has 0 spiro atoms. The summed E-state index contributed by atoms with van der Waals surface area (Å²) in [5.74, 6) is 0.835. The summed E-state index contributed by atoms with van der Waals surface area (Å²) in [6.07, 6.45) is 4.97. The molecule has 1 aromatic rings. The summed E-state index contributed by atoms with van der Waals surface area (Å²) in [6.45, 7) is 2.88. The molecular formula is C10H16FN3. The molecule has 14 heavy (non-hydrogen) atoms. The molecule has 1 aliphatic rings. The van der Waals surface area contributed by atoms with Gasteiger partial charge in [-0.25, -0.2) is 9.37 Å². The molecule has 0 radical (unpaired) electrons. The van der Waals surface area contributed by atoms with Crippen molar-refractivity contribution in [2.45, 2.75) is 44.4 Å². The standard InChI is InChI=1S/C10H16FN3/c1-2-14-4-3-13-9(14)7-10(11)5-8(12)6-10/h3-4,8H,2,5-7,12H2,1H3. The smallest absolute Gasteiger partial charge is 0.121 e. The topological polar surface area (TPSA) is 43.8 Å². The highest BCUT2D eigenvalue weighted by Crippen LogP contribution is 2.37. The van der Waals surface area contributed by atoms with Crippen LogP contribution in [-0.4, -0.2) is 21.3 Å². The maximum absolute atomic E-state index is 13.9. The number of alkyl halides is 1. The second-order valence-electron chi connectivity index (χ2n) is 4.13. The molecule has 0 atom stereocenters. The molecule has 4 heteroatoms. The van der Waals surface area contributed by atoms with Gasteiger partial charge in [-0.05, 0) is 19.8 Å². The van der Waals surface area contributed by atoms with Gasteiger partial charge in [0.25, 0.3) is 0 Å². The molecular weight excluding hydrogens is 181 g/mol. The van der Waals surface area contributed by atoms with Crippen molar-refractivity contribution in [3.8, 4) is 0 Å². The van der Waals surface area contributed by atoms with Crippen LogP contribution in [0.15, 0.2) is 12.4 Å². The van der Waals surface area contributed by atoms with Crippen molar-refractivity contribution in [1.29, 1.82) is 0 Å². The fourth-order valence-electron chi connectivity index (χ4n) is 2.10. The van der Waals surface area contributed by atoms with Crippen LogP contribution < -0.4 is 5.73 Å². The van der Waals surface area contributed by atoms with Gasteiger partial charge in [0.2, 0.25) is 0 Å². The van der Waals surface area contributed by atoms with E-state index in [9.17, 15) is 4.39 Å². The van der Waals surface area contributed by atoms with Gasteiger partial charge in [-0.3, -0.25) is 0 Å². The Balaban J connectivity index is 2.04. The Morgan fingerprint density at radius 3 is 3.00 bits per heavy atom. The molecule has 78 valence electrons. The summed E-state index contributed by atoms with van der Waals surface area (Å²) in [5.41, 5.74) is 4.49. The van der Waals surface area contributed by atoms with Crippen LogP contribution in [0.1, 0.15) is 25.6 Å². The summed E-state index contributed by atoms with van der Waals surface area (Å²) in [5, 5.41) is 0. The highest BCUT2D eigenvalue weighted by atomic mass is 19.1. The molecule has 1 fully saturated rings. The van der Waals surface area contributed by atoms with Gasteiger partial charge in [-0.15, -0.1) is 0 Å². The number of halogens is 1. The maximum Gasteiger partial charge on any atom is 0.121 e. The van der Waals surface area contributed by atoms with Crippen LogP contribution >= 0.6 is 0 Å². The summed E-state index contributed by atoms with van der Waals surface area (Å²) in [6, 6.07) is 0.0463. The minimum absolute atomic E-state index is 0.0463. The van der Waals surface area contributed by atoms with E-state index in [1.165, 1.54) is 0 Å². The first kappa shape index (κ1) is 9.65. The average molecular weight is 197 g/mol. The average Bonchev–Trinajstić information content (AvgIpc) is 2.49. The van der Waals surface area contributed by atoms with Crippen LogP contribution in [0.3, 0.4) is 0 Å². The van der Waals surface area contributed by atoms with E-state index < -0.39 is 5.67 Å². The van der Waals surface area contributed by atoms with Gasteiger partial charge >= 0.3 is 0 Å². The van der Waals surface area contributed by atoms with Crippen LogP contribution in [0.5, 0.6) is 0 Å². The Labute approximate surface area is 83.1 Å². The van der Waals surface area contributed by atoms with Gasteiger partial charge < -0.3 is 10.3 Å². The lowest BCUT2D eigenvalue weighted by Crippen LogP contribution is -2.50. The minimum atomic E-state index is -1.10. The Morgan fingerprint density at radius 2 is 2.43 bits per heavy atom. The molecule has 2 N–H and O–H groups in total. The molecule has 1 aliphatic carbocycles. The van der Waals surface area contributed by atoms with Gasteiger partial charge in [0.1, 0.15) is 11.5 Å². The minimum Gasteiger partial charge on any atom is -0.335 e. The van der Waals surface area contributed by atoms with Crippen LogP contribution in [0, 0.1) is 0 Å². The van der Waals surface area contributed by atoms with Crippen molar-refractivity contribution in [3.05, 3.63) is 18.2 Å². The van der Waals surface area contributed by atoms with Gasteiger partial charge in [0.15, 0.2) is 0 Å². The number of hydrogen-bond donors (Lipinski definition) is 1. The third-order valence-corrected chi connectivity index (χ3v) is 2.87. The molecule has 1 heterocycles. The lowest BCUT2D eigenvalue weighted by atomic mass is 9.75. The number of nitrogens with two attached hydrogens (primary N) is 1. The lowest BCUT2D eigenvalue weighted by Gasteiger charge is -2.39. The highest BCUT2D eigenvalue weighted by molar-refractivity contribution is 5.06.